The van der Waals surface area contributed by atoms with Gasteiger partial charge in [-0.1, -0.05) is 11.6 Å². The Morgan fingerprint density at radius 3 is 2.70 bits per heavy atom. The second-order valence-corrected chi connectivity index (χ2v) is 7.74. The molecule has 0 aromatic heterocycles. The van der Waals surface area contributed by atoms with Crippen LogP contribution in [0.2, 0.25) is 5.02 Å². The van der Waals surface area contributed by atoms with Crippen molar-refractivity contribution in [3.63, 3.8) is 0 Å². The van der Waals surface area contributed by atoms with Gasteiger partial charge in [0.25, 0.3) is 0 Å². The van der Waals surface area contributed by atoms with Crippen LogP contribution in [0, 0.1) is 5.82 Å². The lowest BCUT2D eigenvalue weighted by molar-refractivity contribution is -0.139. The maximum absolute atomic E-state index is 13.5. The van der Waals surface area contributed by atoms with Crippen molar-refractivity contribution in [1.82, 2.24) is 21.0 Å². The van der Waals surface area contributed by atoms with Gasteiger partial charge in [0.15, 0.2) is 5.60 Å². The first kappa shape index (κ1) is 22.0. The molecule has 1 saturated heterocycles. The Labute approximate surface area is 178 Å². The second kappa shape index (κ2) is 8.97. The lowest BCUT2D eigenvalue weighted by Gasteiger charge is -2.43. The third-order valence-corrected chi connectivity index (χ3v) is 5.48. The quantitative estimate of drug-likeness (QED) is 0.606. The highest BCUT2D eigenvalue weighted by molar-refractivity contribution is 6.35. The Bertz CT molecular complexity index is 886. The van der Waals surface area contributed by atoms with Gasteiger partial charge in [0.1, 0.15) is 11.5 Å². The summed E-state index contributed by atoms with van der Waals surface area (Å²) in [6.07, 6.45) is 0.239. The van der Waals surface area contributed by atoms with Gasteiger partial charge >= 0.3 is 17.9 Å². The molecule has 1 spiro atoms. The first-order chi connectivity index (χ1) is 14.2. The minimum Gasteiger partial charge on any atom is -0.435 e. The van der Waals surface area contributed by atoms with E-state index in [1.54, 1.807) is 6.92 Å². The van der Waals surface area contributed by atoms with E-state index >= 15 is 0 Å². The fourth-order valence-electron chi connectivity index (χ4n) is 3.71. The summed E-state index contributed by atoms with van der Waals surface area (Å²) in [6, 6.07) is 3.73. The molecule has 1 aromatic carbocycles. The molecular weight excluding hydrogens is 417 g/mol. The SMILES string of the molecule is CNC(=O)C(=O)N[C@@H](C)CN1CCC2(CC1)OC(=O)NN=C2c1ccc(F)cc1Cl. The molecule has 3 rings (SSSR count). The fraction of sp³-hybridized carbons (Fsp3) is 0.474. The summed E-state index contributed by atoms with van der Waals surface area (Å²) in [5, 5.41) is 9.27. The summed E-state index contributed by atoms with van der Waals surface area (Å²) in [5.41, 5.74) is 2.27. The number of hydrogen-bond acceptors (Lipinski definition) is 6. The topological polar surface area (TPSA) is 112 Å². The number of amides is 3. The van der Waals surface area contributed by atoms with E-state index in [2.05, 4.69) is 26.1 Å². The van der Waals surface area contributed by atoms with E-state index in [0.717, 1.165) is 0 Å². The maximum atomic E-state index is 13.5. The Morgan fingerprint density at radius 1 is 1.37 bits per heavy atom. The highest BCUT2D eigenvalue weighted by Crippen LogP contribution is 2.35. The predicted octanol–water partition coefficient (Wildman–Crippen LogP) is 1.01. The van der Waals surface area contributed by atoms with Crippen LogP contribution in [-0.2, 0) is 14.3 Å². The first-order valence-electron chi connectivity index (χ1n) is 9.51. The zero-order valence-electron chi connectivity index (χ0n) is 16.6. The summed E-state index contributed by atoms with van der Waals surface area (Å²) in [4.78, 5) is 37.0. The van der Waals surface area contributed by atoms with E-state index in [1.165, 1.54) is 25.2 Å². The van der Waals surface area contributed by atoms with Crippen molar-refractivity contribution in [2.75, 3.05) is 26.7 Å². The maximum Gasteiger partial charge on any atom is 0.428 e. The number of piperidine rings is 1. The van der Waals surface area contributed by atoms with Crippen LogP contribution >= 0.6 is 11.6 Å². The van der Waals surface area contributed by atoms with E-state index in [0.29, 0.717) is 43.8 Å². The smallest absolute Gasteiger partial charge is 0.428 e. The molecule has 0 aliphatic carbocycles. The van der Waals surface area contributed by atoms with Crippen LogP contribution in [0.15, 0.2) is 23.3 Å². The van der Waals surface area contributed by atoms with Gasteiger partial charge in [-0.15, -0.1) is 0 Å². The molecule has 0 radical (unpaired) electrons. The number of rotatable bonds is 4. The van der Waals surface area contributed by atoms with Crippen molar-refractivity contribution in [1.29, 1.82) is 0 Å². The number of benzene rings is 1. The monoisotopic (exact) mass is 439 g/mol. The predicted molar refractivity (Wildman–Crippen MR) is 108 cm³/mol. The van der Waals surface area contributed by atoms with Crippen LogP contribution in [0.5, 0.6) is 0 Å². The summed E-state index contributed by atoms with van der Waals surface area (Å²) in [5.74, 6) is -1.86. The lowest BCUT2D eigenvalue weighted by Crippen LogP contribution is -2.57. The summed E-state index contributed by atoms with van der Waals surface area (Å²) < 4.78 is 19.1. The van der Waals surface area contributed by atoms with Gasteiger partial charge in [-0.05, 0) is 25.1 Å². The molecule has 30 heavy (non-hydrogen) atoms. The average molecular weight is 440 g/mol. The van der Waals surface area contributed by atoms with Crippen LogP contribution in [0.25, 0.3) is 0 Å². The first-order valence-corrected chi connectivity index (χ1v) is 9.89. The molecule has 3 amide bonds. The summed E-state index contributed by atoms with van der Waals surface area (Å²) in [7, 11) is 1.39. The number of likely N-dealkylation sites (tertiary alicyclic amines) is 1. The lowest BCUT2D eigenvalue weighted by atomic mass is 9.82. The minimum absolute atomic E-state index is 0.181. The number of likely N-dealkylation sites (N-methyl/N-ethyl adjacent to an activating group) is 1. The molecule has 162 valence electrons. The Balaban J connectivity index is 1.69. The van der Waals surface area contributed by atoms with Gasteiger partial charge in [-0.3, -0.25) is 9.59 Å². The number of hydrazone groups is 1. The van der Waals surface area contributed by atoms with E-state index < -0.39 is 29.3 Å². The number of carbonyl (C=O) groups excluding carboxylic acids is 3. The van der Waals surface area contributed by atoms with Gasteiger partial charge in [-0.25, -0.2) is 14.6 Å². The van der Waals surface area contributed by atoms with Gasteiger partial charge in [0.2, 0.25) is 0 Å². The Hall–Kier alpha value is -2.72. The largest absolute Gasteiger partial charge is 0.435 e. The molecule has 2 aliphatic heterocycles. The zero-order chi connectivity index (χ0) is 21.9. The van der Waals surface area contributed by atoms with Crippen LogP contribution in [0.3, 0.4) is 0 Å². The highest BCUT2D eigenvalue weighted by Gasteiger charge is 2.46. The molecule has 9 nitrogen and oxygen atoms in total. The summed E-state index contributed by atoms with van der Waals surface area (Å²) >= 11 is 6.21. The number of hydrogen-bond donors (Lipinski definition) is 3. The Kier molecular flexibility index (Phi) is 6.57. The molecule has 3 N–H and O–H groups in total. The molecule has 0 bridgehead atoms. The third kappa shape index (κ3) is 4.71. The normalized spacial score (nSPS) is 19.3. The van der Waals surface area contributed by atoms with Crippen molar-refractivity contribution in [2.45, 2.75) is 31.4 Å². The van der Waals surface area contributed by atoms with Gasteiger partial charge in [-0.2, -0.15) is 5.10 Å². The van der Waals surface area contributed by atoms with Gasteiger partial charge < -0.3 is 20.3 Å². The van der Waals surface area contributed by atoms with Crippen molar-refractivity contribution < 1.29 is 23.5 Å². The molecule has 2 aliphatic rings. The molecule has 1 fully saturated rings. The van der Waals surface area contributed by atoms with Crippen LogP contribution in [-0.4, -0.2) is 66.8 Å². The standard InChI is InChI=1S/C19H23ClFN5O4/c1-11(23-17(28)16(27)22-2)10-26-7-5-19(6-8-26)15(24-25-18(29)30-19)13-4-3-12(21)9-14(13)20/h3-4,9,11H,5-8,10H2,1-2H3,(H,22,27)(H,23,28)(H,25,29)/t11-/m0/s1. The van der Waals surface area contributed by atoms with Crippen LogP contribution < -0.4 is 16.1 Å². The molecule has 2 heterocycles. The number of nitrogens with one attached hydrogen (secondary N) is 3. The number of ether oxygens (including phenoxy) is 1. The van der Waals surface area contributed by atoms with Crippen molar-refractivity contribution >= 4 is 35.2 Å². The highest BCUT2D eigenvalue weighted by atomic mass is 35.5. The molecule has 1 aromatic rings. The van der Waals surface area contributed by atoms with E-state index in [4.69, 9.17) is 16.3 Å². The molecule has 0 saturated carbocycles. The molecule has 1 atom stereocenters. The second-order valence-electron chi connectivity index (χ2n) is 7.33. The van der Waals surface area contributed by atoms with E-state index in [-0.39, 0.29) is 11.1 Å². The zero-order valence-corrected chi connectivity index (χ0v) is 17.4. The van der Waals surface area contributed by atoms with Crippen molar-refractivity contribution in [3.05, 3.63) is 34.6 Å². The van der Waals surface area contributed by atoms with Crippen LogP contribution in [0.1, 0.15) is 25.3 Å². The van der Waals surface area contributed by atoms with Crippen molar-refractivity contribution in [3.8, 4) is 0 Å². The fourth-order valence-corrected chi connectivity index (χ4v) is 3.97. The molecule has 0 unspecified atom stereocenters. The molecular formula is C19H23ClFN5O4. The van der Waals surface area contributed by atoms with Gasteiger partial charge in [0, 0.05) is 51.1 Å². The van der Waals surface area contributed by atoms with E-state index in [1.807, 2.05) is 0 Å². The third-order valence-electron chi connectivity index (χ3n) is 5.17. The minimum atomic E-state index is -0.977. The molecule has 11 heteroatoms. The van der Waals surface area contributed by atoms with Crippen molar-refractivity contribution in [2.24, 2.45) is 5.10 Å². The van der Waals surface area contributed by atoms with E-state index in [9.17, 15) is 18.8 Å². The average Bonchev–Trinajstić information content (AvgIpc) is 2.70. The summed E-state index contributed by atoms with van der Waals surface area (Å²) in [6.45, 7) is 3.45. The number of carbonyl (C=O) groups is 3. The Morgan fingerprint density at radius 2 is 2.07 bits per heavy atom. The van der Waals surface area contributed by atoms with Gasteiger partial charge in [0.05, 0.1) is 5.02 Å². The van der Waals surface area contributed by atoms with Crippen LogP contribution in [0.4, 0.5) is 9.18 Å². The number of halogens is 2. The number of nitrogens with zero attached hydrogens (tertiary/aromatic N) is 2.